The van der Waals surface area contributed by atoms with Gasteiger partial charge in [-0.1, -0.05) is 79.2 Å². The Labute approximate surface area is 844 Å². The van der Waals surface area contributed by atoms with Gasteiger partial charge in [-0.3, -0.25) is 8.78 Å². The van der Waals surface area contributed by atoms with Gasteiger partial charge in [-0.15, -0.1) is 29.6 Å². The Morgan fingerprint density at radius 1 is 0.300 bits per heavy atom. The van der Waals surface area contributed by atoms with Gasteiger partial charge in [-0.05, 0) is 153 Å². The van der Waals surface area contributed by atoms with E-state index in [1.807, 2.05) is 42.6 Å². The number of hydrogen-bond acceptors (Lipinski definition) is 16. The predicted molar refractivity (Wildman–Crippen MR) is 457 cm³/mol. The van der Waals surface area contributed by atoms with Crippen LogP contribution in [0.2, 0.25) is 102 Å². The van der Waals surface area contributed by atoms with E-state index < -0.39 is 277 Å². The van der Waals surface area contributed by atoms with Crippen LogP contribution in [0.25, 0.3) is 0 Å². The average molecular weight is 2570 g/mol. The van der Waals surface area contributed by atoms with Crippen LogP contribution in [0, 0.1) is 0 Å². The molecular weight excluding hydrogens is 2440 g/mol. The zero-order valence-electron chi connectivity index (χ0n) is 75.1. The van der Waals surface area contributed by atoms with Gasteiger partial charge in [0.05, 0.1) is 26.4 Å². The number of rotatable bonds is 48. The molecular formula is C65H133F59O16Si10. The third-order valence-electron chi connectivity index (χ3n) is 13.3. The maximum Gasteiger partial charge on any atom is 0.461 e. The highest BCUT2D eigenvalue weighted by atomic mass is 29.3. The molecule has 0 aliphatic carbocycles. The minimum atomic E-state index is -6.64. The smallest absolute Gasteiger partial charge is 0.461 e. The highest BCUT2D eigenvalue weighted by molar-refractivity contribution is 7.28. The standard InChI is InChI=1S/C12H28F4O3Si3.C10H27FO2Si3.2C6H15F3OSi2.2C5H2F10O2.2C3H2F6O.2C2H2F4O.C2H2F4.CH2F2O.8CH4.F2/c1-17-22(4,21(10-7-13)19-20(2)3)11-5-8-18-9-6-12(14,15)16;1-6-7-10-16(5,12-2)15(9-8-11)13-14(3)4;2*1-12(2)10-11-5-3-4-6(7,8)9;2*6-2(7,8)1-16-5(13,14)3(9,17-15)4(10,11)12;2*4-2(5,6)1-3(7,8)10-9;2*3-1-2(4,5)7-6;3-1-2(4,5)6;2-1-4-3;;;;;;;;;1-2/h20-21H,5-11H2,1-4H3;14-15H,6-10H2,1-5H3;2*12H,3-5,11H2,1-2H3;2*1H2;2*1H2;2*1H2;1H2;1H2;8*1H4;. The van der Waals surface area contributed by atoms with Gasteiger partial charge in [0, 0.05) is 42.8 Å². The van der Waals surface area contributed by atoms with Crippen molar-refractivity contribution in [1.82, 2.24) is 0 Å². The lowest BCUT2D eigenvalue weighted by Crippen LogP contribution is -2.58. The van der Waals surface area contributed by atoms with Crippen LogP contribution in [0.15, 0.2) is 0 Å². The van der Waals surface area contributed by atoms with Crippen LogP contribution in [0.1, 0.15) is 131 Å². The van der Waals surface area contributed by atoms with Crippen molar-refractivity contribution in [2.45, 2.75) is 342 Å². The lowest BCUT2D eigenvalue weighted by atomic mass is 10.3. The summed E-state index contributed by atoms with van der Waals surface area (Å²) in [6.45, 7) is 8.72. The van der Waals surface area contributed by atoms with Crippen molar-refractivity contribution in [1.29, 1.82) is 0 Å². The Balaban J connectivity index is -0.0000000645. The van der Waals surface area contributed by atoms with Crippen molar-refractivity contribution >= 4 is 88.5 Å². The van der Waals surface area contributed by atoms with E-state index in [0.717, 1.165) is 12.1 Å². The quantitative estimate of drug-likeness (QED) is 0.0323. The number of hydrogen-bond donors (Lipinski definition) is 0. The summed E-state index contributed by atoms with van der Waals surface area (Å²) >= 11 is 0. The van der Waals surface area contributed by atoms with E-state index in [4.69, 9.17) is 39.2 Å². The average Bonchev–Trinajstić information content (AvgIpc) is 0.769. The molecule has 942 valence electrons. The first-order valence-electron chi connectivity index (χ1n) is 37.6. The first kappa shape index (κ1) is 198. The zero-order valence-corrected chi connectivity index (χ0v) is 86.9. The minimum absolute atomic E-state index is 0. The van der Waals surface area contributed by atoms with Crippen LogP contribution < -0.4 is 0 Å². The molecule has 0 radical (unpaired) electrons. The number of ether oxygens (including phenoxy) is 3. The maximum absolute atomic E-state index is 12.8. The highest BCUT2D eigenvalue weighted by Crippen LogP contribution is 2.49. The van der Waals surface area contributed by atoms with E-state index in [9.17, 15) is 251 Å². The molecule has 0 fully saturated rings. The maximum atomic E-state index is 12.8. The molecule has 85 heteroatoms. The molecule has 0 spiro atoms. The van der Waals surface area contributed by atoms with Gasteiger partial charge in [-0.25, -0.2) is 17.6 Å². The van der Waals surface area contributed by atoms with E-state index in [1.165, 1.54) is 22.7 Å². The number of unbranched alkanes of at least 4 members (excludes halogenated alkanes) is 1. The van der Waals surface area contributed by atoms with Gasteiger partial charge >= 0.3 is 110 Å². The van der Waals surface area contributed by atoms with E-state index in [1.54, 1.807) is 24.1 Å². The third-order valence-corrected chi connectivity index (χ3v) is 53.4. The van der Waals surface area contributed by atoms with Crippen LogP contribution >= 0.6 is 0 Å². The summed E-state index contributed by atoms with van der Waals surface area (Å²) in [6.07, 6.45) is -85.7. The molecule has 0 bridgehead atoms. The minimum Gasteiger partial charge on any atom is -0.463 e. The summed E-state index contributed by atoms with van der Waals surface area (Å²) in [5, 5.41) is 0. The van der Waals surface area contributed by atoms with E-state index >= 15 is 0 Å². The van der Waals surface area contributed by atoms with E-state index in [-0.39, 0.29) is 92.1 Å². The Hall–Kier alpha value is -2.60. The summed E-state index contributed by atoms with van der Waals surface area (Å²) in [4.78, 5) is 12.4. The lowest BCUT2D eigenvalue weighted by Gasteiger charge is -2.34. The van der Waals surface area contributed by atoms with Crippen molar-refractivity contribution in [2.24, 2.45) is 0 Å². The monoisotopic (exact) mass is 2570 g/mol. The molecule has 0 aromatic rings. The Morgan fingerprint density at radius 3 is 0.693 bits per heavy atom. The molecule has 6 unspecified atom stereocenters. The molecule has 0 aromatic carbocycles. The van der Waals surface area contributed by atoms with Crippen LogP contribution in [0.4, 0.5) is 260 Å². The van der Waals surface area contributed by atoms with Crippen molar-refractivity contribution in [2.75, 3.05) is 80.9 Å². The summed E-state index contributed by atoms with van der Waals surface area (Å²) < 4.78 is 705. The first-order chi connectivity index (χ1) is 63.3. The van der Waals surface area contributed by atoms with Crippen LogP contribution in [-0.2, 0) is 74.1 Å². The van der Waals surface area contributed by atoms with Crippen LogP contribution in [-0.4, -0.2) is 279 Å². The molecule has 0 heterocycles. The fourth-order valence-electron chi connectivity index (χ4n) is 7.12. The van der Waals surface area contributed by atoms with Gasteiger partial charge in [0.1, 0.15) is 45.6 Å². The van der Waals surface area contributed by atoms with Crippen molar-refractivity contribution < 1.29 is 334 Å². The molecule has 0 saturated heterocycles. The molecule has 6 atom stereocenters. The van der Waals surface area contributed by atoms with Crippen molar-refractivity contribution in [3.63, 3.8) is 0 Å². The molecule has 150 heavy (non-hydrogen) atoms. The molecule has 0 saturated carbocycles. The molecule has 0 aliphatic heterocycles. The fourth-order valence-corrected chi connectivity index (χ4v) is 46.0. The largest absolute Gasteiger partial charge is 0.463 e. The number of alkyl halides is 50. The third kappa shape index (κ3) is 129. The van der Waals surface area contributed by atoms with Crippen molar-refractivity contribution in [3.8, 4) is 0 Å². The van der Waals surface area contributed by atoms with Gasteiger partial charge < -0.3 is 39.5 Å². The molecule has 16 nitrogen and oxygen atoms in total. The Bertz CT molecular complexity index is 2710. The van der Waals surface area contributed by atoms with Crippen LogP contribution in [0.5, 0.6) is 0 Å². The Morgan fingerprint density at radius 2 is 0.547 bits per heavy atom. The molecule has 0 aromatic heterocycles. The Kier molecular flexibility index (Phi) is 127. The van der Waals surface area contributed by atoms with E-state index in [0.29, 0.717) is 30.6 Å². The molecule has 0 N–H and O–H groups in total. The van der Waals surface area contributed by atoms with Crippen LogP contribution in [0.3, 0.4) is 0 Å². The fraction of sp³-hybridized carbons (Fsp3) is 1.00. The second kappa shape index (κ2) is 96.2. The van der Waals surface area contributed by atoms with Gasteiger partial charge in [0.25, 0.3) is 0 Å². The van der Waals surface area contributed by atoms with E-state index in [2.05, 4.69) is 54.1 Å². The SMILES string of the molecule is C.C.C.C.C.C.C.C.CCCC[Si](C)(OC)[SiH](CCF)O[SiH](C)C.CO[Si](C)(CCCOCCC(F)(F)F)[SiH](CCF)O[SiH](C)C.C[SiH](C)O[SiH2]CCCC(F)(F)F.C[SiH](C)O[SiH2]CCCC(F)(F)F.FCC(F)(F)F.FCC(F)(F)OF.FCC(F)(F)OF.FCOF.FF.FOC(F)(C(F)(F)F)C(F)(F)OCC(F)(F)F.FOC(F)(C(F)(F)F)C(F)(F)OCC(F)(F)F.FOC(F)(F)CC(F)(F)F.FOC(F)(F)CC(F)(F)F. The summed E-state index contributed by atoms with van der Waals surface area (Å²) in [5.74, 6) is -12.7. The molecule has 0 aliphatic rings. The topological polar surface area (TPSA) is 148 Å². The van der Waals surface area contributed by atoms with Gasteiger partial charge in [0.2, 0.25) is 22.5 Å². The molecule has 0 rings (SSSR count). The summed E-state index contributed by atoms with van der Waals surface area (Å²) in [6, 6.07) is 4.29. The van der Waals surface area contributed by atoms with Gasteiger partial charge in [-0.2, -0.15) is 198 Å². The first-order valence-corrected chi connectivity index (χ1v) is 63.3. The van der Waals surface area contributed by atoms with Gasteiger partial charge in [0.15, 0.2) is 73.3 Å². The second-order valence-corrected chi connectivity index (χ2v) is 64.2. The second-order valence-electron chi connectivity index (χ2n) is 27.4. The molecule has 0 amide bonds. The number of halogens is 59. The summed E-state index contributed by atoms with van der Waals surface area (Å²) in [7, 11) is -9.17. The predicted octanol–water partition coefficient (Wildman–Crippen LogP) is 32.4. The highest BCUT2D eigenvalue weighted by Gasteiger charge is 2.78. The summed E-state index contributed by atoms with van der Waals surface area (Å²) in [5.41, 5.74) is 0. The lowest BCUT2D eigenvalue weighted by molar-refractivity contribution is -0.504. The normalized spacial score (nSPS) is 14.2. The zero-order chi connectivity index (χ0) is 117. The van der Waals surface area contributed by atoms with Crippen molar-refractivity contribution in [3.05, 3.63) is 0 Å².